The molecular formula is C26H26N4OS. The largest absolute Gasteiger partial charge is 0.467 e. The number of pyridine rings is 1. The molecule has 0 amide bonds. The molecule has 3 aromatic heterocycles. The van der Waals surface area contributed by atoms with Gasteiger partial charge in [0.15, 0.2) is 5.11 Å². The topological polar surface area (TPSA) is 46.2 Å². The van der Waals surface area contributed by atoms with Crippen molar-refractivity contribution < 1.29 is 4.42 Å². The lowest BCUT2D eigenvalue weighted by molar-refractivity contribution is 0.475. The van der Waals surface area contributed by atoms with Crippen LogP contribution < -0.4 is 10.2 Å². The maximum atomic E-state index is 5.85. The molecule has 162 valence electrons. The number of hydrogen-bond donors (Lipinski definition) is 1. The van der Waals surface area contributed by atoms with E-state index >= 15 is 0 Å². The van der Waals surface area contributed by atoms with E-state index in [-0.39, 0.29) is 12.1 Å². The Labute approximate surface area is 193 Å². The monoisotopic (exact) mass is 442 g/mol. The Bertz CT molecular complexity index is 1180. The Kier molecular flexibility index (Phi) is 5.53. The second kappa shape index (κ2) is 8.63. The van der Waals surface area contributed by atoms with Crippen molar-refractivity contribution in [2.75, 3.05) is 4.90 Å². The molecule has 4 heterocycles. The molecule has 1 aliphatic rings. The van der Waals surface area contributed by atoms with E-state index in [0.29, 0.717) is 17.6 Å². The number of benzene rings is 1. The van der Waals surface area contributed by atoms with Crippen LogP contribution in [0.5, 0.6) is 0 Å². The first-order valence-electron chi connectivity index (χ1n) is 10.9. The first-order chi connectivity index (χ1) is 15.6. The van der Waals surface area contributed by atoms with E-state index in [1.54, 1.807) is 6.26 Å². The van der Waals surface area contributed by atoms with E-state index in [4.69, 9.17) is 16.6 Å². The highest BCUT2D eigenvalue weighted by molar-refractivity contribution is 7.80. The van der Waals surface area contributed by atoms with Gasteiger partial charge in [0.25, 0.3) is 0 Å². The van der Waals surface area contributed by atoms with E-state index in [1.807, 2.05) is 30.5 Å². The Morgan fingerprint density at radius 2 is 1.88 bits per heavy atom. The summed E-state index contributed by atoms with van der Waals surface area (Å²) < 4.78 is 7.84. The average molecular weight is 443 g/mol. The molecule has 32 heavy (non-hydrogen) atoms. The maximum Gasteiger partial charge on any atom is 0.174 e. The highest BCUT2D eigenvalue weighted by Crippen LogP contribution is 2.42. The lowest BCUT2D eigenvalue weighted by Gasteiger charge is -2.29. The van der Waals surface area contributed by atoms with Crippen molar-refractivity contribution in [1.29, 1.82) is 0 Å². The zero-order valence-electron chi connectivity index (χ0n) is 18.2. The van der Waals surface area contributed by atoms with Gasteiger partial charge in [0.05, 0.1) is 24.5 Å². The number of anilines is 1. The van der Waals surface area contributed by atoms with E-state index in [1.165, 1.54) is 5.56 Å². The quantitative estimate of drug-likeness (QED) is 0.381. The number of hydrogen-bond acceptors (Lipinski definition) is 3. The molecule has 1 saturated heterocycles. The third-order valence-corrected chi connectivity index (χ3v) is 6.32. The Balaban J connectivity index is 1.58. The van der Waals surface area contributed by atoms with Gasteiger partial charge in [-0.2, -0.15) is 0 Å². The second-order valence-electron chi connectivity index (χ2n) is 8.38. The molecule has 0 radical (unpaired) electrons. The van der Waals surface area contributed by atoms with E-state index < -0.39 is 0 Å². The van der Waals surface area contributed by atoms with E-state index in [2.05, 4.69) is 82.3 Å². The van der Waals surface area contributed by atoms with Crippen molar-refractivity contribution in [3.63, 3.8) is 0 Å². The zero-order valence-corrected chi connectivity index (χ0v) is 19.0. The fourth-order valence-electron chi connectivity index (χ4n) is 4.36. The minimum absolute atomic E-state index is 0.0488. The maximum absolute atomic E-state index is 5.85. The average Bonchev–Trinajstić information content (AvgIpc) is 3.55. The highest BCUT2D eigenvalue weighted by Gasteiger charge is 2.42. The summed E-state index contributed by atoms with van der Waals surface area (Å²) in [5, 5.41) is 4.24. The molecule has 1 aliphatic heterocycles. The van der Waals surface area contributed by atoms with Crippen LogP contribution in [0.1, 0.15) is 54.6 Å². The molecule has 1 aromatic carbocycles. The predicted molar refractivity (Wildman–Crippen MR) is 131 cm³/mol. The van der Waals surface area contributed by atoms with E-state index in [0.717, 1.165) is 22.8 Å². The van der Waals surface area contributed by atoms with Crippen LogP contribution in [0.15, 0.2) is 89.8 Å². The molecule has 0 saturated carbocycles. The number of furan rings is 1. The molecule has 1 N–H and O–H groups in total. The summed E-state index contributed by atoms with van der Waals surface area (Å²) in [5.41, 5.74) is 4.50. The number of aromatic nitrogens is 2. The zero-order chi connectivity index (χ0) is 22.1. The SMILES string of the molecule is CC(C)c1ccc(N2C(=S)N[C@@H](c3ccccn3)[C@@H]2c2cccn2Cc2ccco2)cc1. The molecule has 5 rings (SSSR count). The molecule has 0 bridgehead atoms. The van der Waals surface area contributed by atoms with Crippen LogP contribution in [-0.2, 0) is 6.54 Å². The van der Waals surface area contributed by atoms with Gasteiger partial charge in [-0.3, -0.25) is 4.98 Å². The Morgan fingerprint density at radius 1 is 1.03 bits per heavy atom. The minimum atomic E-state index is -0.0706. The first-order valence-corrected chi connectivity index (χ1v) is 11.3. The fraction of sp³-hybridized carbons (Fsp3) is 0.231. The lowest BCUT2D eigenvalue weighted by Crippen LogP contribution is -2.30. The van der Waals surface area contributed by atoms with Crippen LogP contribution in [0.3, 0.4) is 0 Å². The van der Waals surface area contributed by atoms with E-state index in [9.17, 15) is 0 Å². The second-order valence-corrected chi connectivity index (χ2v) is 8.77. The van der Waals surface area contributed by atoms with Gasteiger partial charge in [-0.25, -0.2) is 0 Å². The summed E-state index contributed by atoms with van der Waals surface area (Å²) in [6.45, 7) is 5.07. The lowest BCUT2D eigenvalue weighted by atomic mass is 9.99. The summed E-state index contributed by atoms with van der Waals surface area (Å²) in [6.07, 6.45) is 5.64. The van der Waals surface area contributed by atoms with Crippen LogP contribution in [0, 0.1) is 0 Å². The number of rotatable bonds is 6. The number of nitrogens with one attached hydrogen (secondary N) is 1. The van der Waals surface area contributed by atoms with Crippen molar-refractivity contribution in [2.45, 2.75) is 38.4 Å². The smallest absolute Gasteiger partial charge is 0.174 e. The van der Waals surface area contributed by atoms with Gasteiger partial charge in [0, 0.05) is 23.8 Å². The Morgan fingerprint density at radius 3 is 2.56 bits per heavy atom. The van der Waals surface area contributed by atoms with Gasteiger partial charge < -0.3 is 19.2 Å². The van der Waals surface area contributed by atoms with Gasteiger partial charge in [0.1, 0.15) is 11.8 Å². The molecule has 1 fully saturated rings. The van der Waals surface area contributed by atoms with Crippen molar-refractivity contribution in [3.05, 3.63) is 108 Å². The van der Waals surface area contributed by atoms with Crippen LogP contribution in [0.2, 0.25) is 0 Å². The summed E-state index contributed by atoms with van der Waals surface area (Å²) in [7, 11) is 0. The molecule has 0 aliphatic carbocycles. The standard InChI is InChI=1S/C26H26N4OS/c1-18(2)19-10-12-20(13-11-19)30-25(24(28-26(30)32)22-8-3-4-14-27-22)23-9-5-15-29(23)17-21-7-6-16-31-21/h3-16,18,24-25H,17H2,1-2H3,(H,28,32)/t24-,25-/m0/s1. The first kappa shape index (κ1) is 20.5. The highest BCUT2D eigenvalue weighted by atomic mass is 32.1. The third-order valence-electron chi connectivity index (χ3n) is 6.01. The van der Waals surface area contributed by atoms with Gasteiger partial charge in [0.2, 0.25) is 0 Å². The number of thiocarbonyl (C=S) groups is 1. The van der Waals surface area contributed by atoms with Crippen molar-refractivity contribution in [1.82, 2.24) is 14.9 Å². The summed E-state index contributed by atoms with van der Waals surface area (Å²) in [6, 6.07) is 22.8. The Hall–Kier alpha value is -3.38. The molecular weight excluding hydrogens is 416 g/mol. The molecule has 2 atom stereocenters. The van der Waals surface area contributed by atoms with Gasteiger partial charge in [-0.15, -0.1) is 0 Å². The third kappa shape index (κ3) is 3.82. The van der Waals surface area contributed by atoms with Crippen molar-refractivity contribution in [2.24, 2.45) is 0 Å². The minimum Gasteiger partial charge on any atom is -0.467 e. The summed E-state index contributed by atoms with van der Waals surface area (Å²) >= 11 is 5.85. The molecule has 5 nitrogen and oxygen atoms in total. The van der Waals surface area contributed by atoms with Gasteiger partial charge in [-0.1, -0.05) is 32.0 Å². The fourth-order valence-corrected chi connectivity index (χ4v) is 4.71. The van der Waals surface area contributed by atoms with Crippen LogP contribution in [0.25, 0.3) is 0 Å². The van der Waals surface area contributed by atoms with Crippen LogP contribution >= 0.6 is 12.2 Å². The summed E-state index contributed by atoms with van der Waals surface area (Å²) in [5.74, 6) is 1.40. The predicted octanol–water partition coefficient (Wildman–Crippen LogP) is 5.82. The summed E-state index contributed by atoms with van der Waals surface area (Å²) in [4.78, 5) is 6.86. The van der Waals surface area contributed by atoms with Crippen LogP contribution in [-0.4, -0.2) is 14.7 Å². The van der Waals surface area contributed by atoms with Crippen molar-refractivity contribution >= 4 is 23.0 Å². The molecule has 4 aromatic rings. The van der Waals surface area contributed by atoms with Crippen LogP contribution in [0.4, 0.5) is 5.69 Å². The molecule has 0 unspecified atom stereocenters. The van der Waals surface area contributed by atoms with Crippen molar-refractivity contribution in [3.8, 4) is 0 Å². The normalized spacial score (nSPS) is 18.3. The van der Waals surface area contributed by atoms with Gasteiger partial charge >= 0.3 is 0 Å². The number of nitrogens with zero attached hydrogens (tertiary/aromatic N) is 3. The molecule has 6 heteroatoms. The molecule has 0 spiro atoms. The van der Waals surface area contributed by atoms with Gasteiger partial charge in [-0.05, 0) is 72.2 Å².